The van der Waals surface area contributed by atoms with Crippen molar-refractivity contribution in [2.45, 2.75) is 19.0 Å². The van der Waals surface area contributed by atoms with E-state index in [9.17, 15) is 18.3 Å². The second-order valence-corrected chi connectivity index (χ2v) is 5.84. The number of aliphatic hydroxyl groups excluding tert-OH is 2. The van der Waals surface area contributed by atoms with Crippen molar-refractivity contribution in [2.75, 3.05) is 13.1 Å². The fraction of sp³-hybridized carbons (Fsp3) is 0.375. The van der Waals surface area contributed by atoms with Crippen molar-refractivity contribution < 1.29 is 23.4 Å². The topological polar surface area (TPSA) is 118 Å². The van der Waals surface area contributed by atoms with Crippen LogP contribution in [0.3, 0.4) is 0 Å². The number of amidine groups is 2. The number of nitrogens with one attached hydrogen (secondary N) is 2. The number of alkyl halides is 3. The summed E-state index contributed by atoms with van der Waals surface area (Å²) in [5.41, 5.74) is 5.88. The summed E-state index contributed by atoms with van der Waals surface area (Å²) in [5, 5.41) is 29.5. The maximum Gasteiger partial charge on any atom is 0.391 e. The molecule has 2 heterocycles. The number of halogens is 3. The van der Waals surface area contributed by atoms with Crippen LogP contribution in [0.5, 0.6) is 0 Å². The molecule has 0 aromatic rings. The van der Waals surface area contributed by atoms with Gasteiger partial charge in [-0.2, -0.15) is 18.2 Å². The van der Waals surface area contributed by atoms with Crippen LogP contribution in [-0.4, -0.2) is 46.1 Å². The van der Waals surface area contributed by atoms with Gasteiger partial charge in [0.15, 0.2) is 0 Å². The molecule has 0 amide bonds. The van der Waals surface area contributed by atoms with Crippen molar-refractivity contribution in [1.29, 1.82) is 5.41 Å². The van der Waals surface area contributed by atoms with E-state index in [0.717, 1.165) is 0 Å². The highest BCUT2D eigenvalue weighted by Crippen LogP contribution is 2.34. The van der Waals surface area contributed by atoms with E-state index in [4.69, 9.17) is 16.2 Å². The lowest BCUT2D eigenvalue weighted by molar-refractivity contribution is -0.183. The minimum absolute atomic E-state index is 0.0128. The molecule has 0 atom stereocenters. The van der Waals surface area contributed by atoms with Gasteiger partial charge in [-0.1, -0.05) is 0 Å². The fourth-order valence-corrected chi connectivity index (χ4v) is 2.49. The molecule has 2 aliphatic heterocycles. The molecule has 26 heavy (non-hydrogen) atoms. The Morgan fingerprint density at radius 1 is 1.31 bits per heavy atom. The number of nitrogens with zero attached hydrogens (tertiary/aromatic N) is 2. The van der Waals surface area contributed by atoms with Crippen LogP contribution in [0.1, 0.15) is 12.8 Å². The van der Waals surface area contributed by atoms with Gasteiger partial charge < -0.3 is 26.2 Å². The van der Waals surface area contributed by atoms with Gasteiger partial charge in [0.2, 0.25) is 5.88 Å². The van der Waals surface area contributed by atoms with E-state index >= 15 is 0 Å². The Kier molecular flexibility index (Phi) is 5.96. The average molecular weight is 371 g/mol. The van der Waals surface area contributed by atoms with Crippen LogP contribution in [0.2, 0.25) is 0 Å². The summed E-state index contributed by atoms with van der Waals surface area (Å²) >= 11 is 0. The maximum atomic E-state index is 12.6. The first-order valence-corrected chi connectivity index (χ1v) is 7.86. The Morgan fingerprint density at radius 3 is 2.50 bits per heavy atom. The molecule has 2 rings (SSSR count). The number of aliphatic hydroxyl groups is 2. The number of aliphatic imine (C=N–C) groups is 1. The Labute approximate surface area is 148 Å². The summed E-state index contributed by atoms with van der Waals surface area (Å²) in [6, 6.07) is 0. The van der Waals surface area contributed by atoms with Crippen LogP contribution in [0.4, 0.5) is 13.2 Å². The second kappa shape index (κ2) is 7.98. The molecule has 0 aromatic heterocycles. The van der Waals surface area contributed by atoms with Crippen molar-refractivity contribution in [1.82, 2.24) is 10.2 Å². The molecule has 0 aromatic carbocycles. The third-order valence-corrected chi connectivity index (χ3v) is 3.98. The number of nitrogens with two attached hydrogens (primary N) is 1. The minimum Gasteiger partial charge on any atom is -0.506 e. The monoisotopic (exact) mass is 371 g/mol. The highest BCUT2D eigenvalue weighted by atomic mass is 19.4. The summed E-state index contributed by atoms with van der Waals surface area (Å²) in [4.78, 5) is 5.27. The van der Waals surface area contributed by atoms with Crippen LogP contribution >= 0.6 is 0 Å². The second-order valence-electron chi connectivity index (χ2n) is 5.84. The summed E-state index contributed by atoms with van der Waals surface area (Å²) < 4.78 is 37.9. The lowest BCUT2D eigenvalue weighted by Gasteiger charge is -2.33. The number of likely N-dealkylation sites (tertiary alicyclic amines) is 1. The van der Waals surface area contributed by atoms with Crippen molar-refractivity contribution >= 4 is 11.7 Å². The zero-order valence-electron chi connectivity index (χ0n) is 13.8. The van der Waals surface area contributed by atoms with Gasteiger partial charge in [0.25, 0.3) is 0 Å². The molecular weight excluding hydrogens is 351 g/mol. The van der Waals surface area contributed by atoms with E-state index in [-0.39, 0.29) is 49.1 Å². The molecular formula is C16H20F3N5O2. The van der Waals surface area contributed by atoms with Gasteiger partial charge in [-0.3, -0.25) is 5.41 Å². The van der Waals surface area contributed by atoms with Crippen LogP contribution < -0.4 is 11.1 Å². The van der Waals surface area contributed by atoms with E-state index in [1.807, 2.05) is 0 Å². The molecule has 0 aliphatic carbocycles. The average Bonchev–Trinajstić information content (AvgIpc) is 2.59. The smallest absolute Gasteiger partial charge is 0.391 e. The van der Waals surface area contributed by atoms with E-state index in [2.05, 4.69) is 10.3 Å². The molecule has 6 N–H and O–H groups in total. The lowest BCUT2D eigenvalue weighted by Crippen LogP contribution is -2.41. The molecule has 1 saturated heterocycles. The predicted molar refractivity (Wildman–Crippen MR) is 91.5 cm³/mol. The van der Waals surface area contributed by atoms with E-state index < -0.39 is 18.0 Å². The van der Waals surface area contributed by atoms with E-state index in [1.165, 1.54) is 35.4 Å². The first kappa shape index (κ1) is 19.4. The number of piperidine rings is 1. The Bertz CT molecular complexity index is 699. The highest BCUT2D eigenvalue weighted by molar-refractivity contribution is 6.00. The van der Waals surface area contributed by atoms with Gasteiger partial charge in [0.1, 0.15) is 23.1 Å². The van der Waals surface area contributed by atoms with Crippen molar-refractivity contribution in [3.8, 4) is 0 Å². The number of dihydropyridines is 1. The minimum atomic E-state index is -4.19. The quantitative estimate of drug-likeness (QED) is 0.297. The van der Waals surface area contributed by atoms with Gasteiger partial charge in [0.05, 0.1) is 5.92 Å². The van der Waals surface area contributed by atoms with Gasteiger partial charge >= 0.3 is 6.18 Å². The summed E-state index contributed by atoms with van der Waals surface area (Å²) in [5.74, 6) is -1.81. The van der Waals surface area contributed by atoms with Gasteiger partial charge in [-0.05, 0) is 37.1 Å². The maximum absolute atomic E-state index is 12.6. The molecule has 0 radical (unpaired) electrons. The Balaban J connectivity index is 1.92. The molecule has 0 bridgehead atoms. The zero-order chi connectivity index (χ0) is 19.3. The predicted octanol–water partition coefficient (Wildman–Crippen LogP) is 2.44. The molecule has 0 unspecified atom stereocenters. The third kappa shape index (κ3) is 5.30. The molecule has 2 aliphatic rings. The van der Waals surface area contributed by atoms with Gasteiger partial charge in [-0.25, -0.2) is 0 Å². The Hall–Kier alpha value is -2.91. The molecule has 7 nitrogen and oxygen atoms in total. The summed E-state index contributed by atoms with van der Waals surface area (Å²) in [7, 11) is 0. The third-order valence-electron chi connectivity index (χ3n) is 3.98. The van der Waals surface area contributed by atoms with E-state index in [0.29, 0.717) is 0 Å². The van der Waals surface area contributed by atoms with Crippen molar-refractivity contribution in [3.63, 3.8) is 0 Å². The number of rotatable bonds is 3. The van der Waals surface area contributed by atoms with Gasteiger partial charge in [-0.15, -0.1) is 0 Å². The Morgan fingerprint density at radius 2 is 1.96 bits per heavy atom. The molecule has 0 spiro atoms. The normalized spacial score (nSPS) is 21.6. The molecule has 142 valence electrons. The number of hydrogen-bond donors (Lipinski definition) is 5. The van der Waals surface area contributed by atoms with Crippen LogP contribution in [0, 0.1) is 11.3 Å². The molecule has 0 saturated carbocycles. The lowest BCUT2D eigenvalue weighted by atomic mass is 9.96. The summed E-state index contributed by atoms with van der Waals surface area (Å²) in [6.07, 6.45) is 2.33. The molecule has 10 heteroatoms. The largest absolute Gasteiger partial charge is 0.506 e. The first-order chi connectivity index (χ1) is 12.2. The standard InChI is InChI=1S/C16H20F3N5O2/c17-16(18,19)10-5-7-24(8-6-10)14(21)4-3-13(20)23-15(26)12-2-1-11(25)9-22-12/h1-4,9-10,21-22,25-26H,5-8H2,(H2,20,23)/b4-3-,15-12+,21-14?. The fourth-order valence-electron chi connectivity index (χ4n) is 2.49. The zero-order valence-corrected chi connectivity index (χ0v) is 13.8. The van der Waals surface area contributed by atoms with Crippen LogP contribution in [0.15, 0.2) is 52.8 Å². The number of hydrogen-bond acceptors (Lipinski definition) is 5. The van der Waals surface area contributed by atoms with Crippen molar-refractivity contribution in [2.24, 2.45) is 16.6 Å². The first-order valence-electron chi connectivity index (χ1n) is 7.86. The van der Waals surface area contributed by atoms with Crippen molar-refractivity contribution in [3.05, 3.63) is 47.8 Å². The van der Waals surface area contributed by atoms with E-state index in [1.54, 1.807) is 0 Å². The van der Waals surface area contributed by atoms with Crippen LogP contribution in [0.25, 0.3) is 0 Å². The SMILES string of the molecule is N=C(\C=C/C(N)=N/C(O)=C1/C=CC(O)=CN1)N1CCC(C(F)(F)F)CC1. The number of allylic oxidation sites excluding steroid dienone is 2. The van der Waals surface area contributed by atoms with Crippen LogP contribution in [-0.2, 0) is 0 Å². The molecule has 1 fully saturated rings. The van der Waals surface area contributed by atoms with Gasteiger partial charge in [0, 0.05) is 19.3 Å². The highest BCUT2D eigenvalue weighted by Gasteiger charge is 2.41. The summed E-state index contributed by atoms with van der Waals surface area (Å²) in [6.45, 7) is 0.286.